The SMILES string of the molecule is Cl.O=C1CC2(CCNCC2)C(c2cccc(F)c2)CN1. The molecule has 0 saturated carbocycles. The normalized spacial score (nSPS) is 24.9. The highest BCUT2D eigenvalue weighted by Gasteiger charge is 2.44. The summed E-state index contributed by atoms with van der Waals surface area (Å²) >= 11 is 0. The quantitative estimate of drug-likeness (QED) is 0.835. The van der Waals surface area contributed by atoms with Gasteiger partial charge in [-0.3, -0.25) is 4.79 Å². The molecule has 2 N–H and O–H groups in total. The molecule has 1 amide bonds. The monoisotopic (exact) mass is 298 g/mol. The van der Waals surface area contributed by atoms with E-state index in [0.717, 1.165) is 31.5 Å². The molecule has 5 heteroatoms. The molecule has 1 spiro atoms. The molecule has 3 nitrogen and oxygen atoms in total. The molecule has 2 heterocycles. The van der Waals surface area contributed by atoms with Gasteiger partial charge in [0, 0.05) is 18.9 Å². The van der Waals surface area contributed by atoms with E-state index in [1.54, 1.807) is 12.1 Å². The molecule has 0 aliphatic carbocycles. The fourth-order valence-corrected chi connectivity index (χ4v) is 3.58. The van der Waals surface area contributed by atoms with Gasteiger partial charge in [0.15, 0.2) is 0 Å². The number of rotatable bonds is 1. The minimum absolute atomic E-state index is 0. The predicted molar refractivity (Wildman–Crippen MR) is 78.6 cm³/mol. The fourth-order valence-electron chi connectivity index (χ4n) is 3.58. The van der Waals surface area contributed by atoms with E-state index in [1.807, 2.05) is 6.07 Å². The fraction of sp³-hybridized carbons (Fsp3) is 0.533. The lowest BCUT2D eigenvalue weighted by atomic mass is 9.63. The number of carbonyl (C=O) groups excluding carboxylic acids is 1. The molecule has 20 heavy (non-hydrogen) atoms. The van der Waals surface area contributed by atoms with Crippen LogP contribution in [0.2, 0.25) is 0 Å². The van der Waals surface area contributed by atoms with E-state index in [-0.39, 0.29) is 35.5 Å². The van der Waals surface area contributed by atoms with Crippen LogP contribution in [0, 0.1) is 11.2 Å². The molecule has 2 saturated heterocycles. The van der Waals surface area contributed by atoms with Crippen LogP contribution in [0.3, 0.4) is 0 Å². The number of amides is 1. The second-order valence-electron chi connectivity index (χ2n) is 5.70. The van der Waals surface area contributed by atoms with Crippen molar-refractivity contribution in [3.63, 3.8) is 0 Å². The summed E-state index contributed by atoms with van der Waals surface area (Å²) in [6.07, 6.45) is 2.54. The average molecular weight is 299 g/mol. The Hall–Kier alpha value is -1.13. The molecule has 110 valence electrons. The summed E-state index contributed by atoms with van der Waals surface area (Å²) in [6, 6.07) is 6.83. The van der Waals surface area contributed by atoms with E-state index in [9.17, 15) is 9.18 Å². The smallest absolute Gasteiger partial charge is 0.220 e. The van der Waals surface area contributed by atoms with Crippen molar-refractivity contribution in [3.05, 3.63) is 35.6 Å². The highest BCUT2D eigenvalue weighted by molar-refractivity contribution is 5.85. The lowest BCUT2D eigenvalue weighted by molar-refractivity contribution is -0.127. The summed E-state index contributed by atoms with van der Waals surface area (Å²) in [4.78, 5) is 11.8. The number of piperidine rings is 2. The first kappa shape index (κ1) is 15.3. The maximum Gasteiger partial charge on any atom is 0.220 e. The van der Waals surface area contributed by atoms with Crippen LogP contribution in [0.4, 0.5) is 4.39 Å². The van der Waals surface area contributed by atoms with Crippen LogP contribution in [0.1, 0.15) is 30.7 Å². The van der Waals surface area contributed by atoms with E-state index in [4.69, 9.17) is 0 Å². The Kier molecular flexibility index (Phi) is 4.66. The maximum absolute atomic E-state index is 13.5. The number of halogens is 2. The Labute approximate surface area is 124 Å². The Morgan fingerprint density at radius 2 is 2.00 bits per heavy atom. The van der Waals surface area contributed by atoms with Gasteiger partial charge in [-0.05, 0) is 49.0 Å². The number of benzene rings is 1. The van der Waals surface area contributed by atoms with Crippen molar-refractivity contribution in [2.24, 2.45) is 5.41 Å². The molecule has 2 aliphatic rings. The van der Waals surface area contributed by atoms with E-state index in [2.05, 4.69) is 10.6 Å². The number of hydrogen-bond donors (Lipinski definition) is 2. The van der Waals surface area contributed by atoms with Crippen LogP contribution in [0.25, 0.3) is 0 Å². The second-order valence-corrected chi connectivity index (χ2v) is 5.70. The standard InChI is InChI=1S/C15H19FN2O.ClH/c16-12-3-1-2-11(8-12)13-10-18-14(19)9-15(13)4-6-17-7-5-15;/h1-3,8,13,17H,4-7,9-10H2,(H,18,19);1H. The van der Waals surface area contributed by atoms with Crippen LogP contribution in [0.15, 0.2) is 24.3 Å². The van der Waals surface area contributed by atoms with E-state index in [0.29, 0.717) is 13.0 Å². The third-order valence-electron chi connectivity index (χ3n) is 4.61. The molecule has 1 unspecified atom stereocenters. The molecule has 1 atom stereocenters. The van der Waals surface area contributed by atoms with E-state index < -0.39 is 0 Å². The van der Waals surface area contributed by atoms with Crippen LogP contribution in [-0.4, -0.2) is 25.5 Å². The van der Waals surface area contributed by atoms with E-state index in [1.165, 1.54) is 6.07 Å². The molecule has 1 aromatic rings. The van der Waals surface area contributed by atoms with Gasteiger partial charge in [0.25, 0.3) is 0 Å². The van der Waals surface area contributed by atoms with Gasteiger partial charge in [-0.2, -0.15) is 0 Å². The topological polar surface area (TPSA) is 41.1 Å². The Morgan fingerprint density at radius 1 is 1.25 bits per heavy atom. The van der Waals surface area contributed by atoms with Crippen molar-refractivity contribution in [2.75, 3.05) is 19.6 Å². The summed E-state index contributed by atoms with van der Waals surface area (Å²) in [7, 11) is 0. The molecular formula is C15H20ClFN2O. The zero-order chi connectivity index (χ0) is 13.3. The van der Waals surface area contributed by atoms with Crippen LogP contribution >= 0.6 is 12.4 Å². The third kappa shape index (κ3) is 2.81. The first-order valence-electron chi connectivity index (χ1n) is 6.92. The van der Waals surface area contributed by atoms with Gasteiger partial charge in [0.05, 0.1) is 0 Å². The number of nitrogens with one attached hydrogen (secondary N) is 2. The molecule has 2 aliphatic heterocycles. The lowest BCUT2D eigenvalue weighted by Crippen LogP contribution is -2.51. The summed E-state index contributed by atoms with van der Waals surface area (Å²) in [6.45, 7) is 2.51. The first-order chi connectivity index (χ1) is 9.20. The van der Waals surface area contributed by atoms with Gasteiger partial charge >= 0.3 is 0 Å². The van der Waals surface area contributed by atoms with Crippen molar-refractivity contribution in [2.45, 2.75) is 25.2 Å². The van der Waals surface area contributed by atoms with E-state index >= 15 is 0 Å². The Morgan fingerprint density at radius 3 is 2.70 bits per heavy atom. The van der Waals surface area contributed by atoms with Gasteiger partial charge < -0.3 is 10.6 Å². The Balaban J connectivity index is 0.00000147. The maximum atomic E-state index is 13.5. The molecule has 0 aromatic heterocycles. The van der Waals surface area contributed by atoms with Crippen molar-refractivity contribution in [1.29, 1.82) is 0 Å². The molecular weight excluding hydrogens is 279 g/mol. The predicted octanol–water partition coefficient (Wildman–Crippen LogP) is 2.22. The van der Waals surface area contributed by atoms with Gasteiger partial charge in [-0.25, -0.2) is 4.39 Å². The summed E-state index contributed by atoms with van der Waals surface area (Å²) in [5, 5.41) is 6.29. The molecule has 1 aromatic carbocycles. The van der Waals surface area contributed by atoms with Crippen molar-refractivity contribution < 1.29 is 9.18 Å². The Bertz CT molecular complexity index is 489. The zero-order valence-corrected chi connectivity index (χ0v) is 12.1. The van der Waals surface area contributed by atoms with Crippen LogP contribution < -0.4 is 10.6 Å². The summed E-state index contributed by atoms with van der Waals surface area (Å²) < 4.78 is 13.5. The van der Waals surface area contributed by atoms with Crippen LogP contribution in [-0.2, 0) is 4.79 Å². The van der Waals surface area contributed by atoms with Gasteiger partial charge in [-0.1, -0.05) is 12.1 Å². The average Bonchev–Trinajstić information content (AvgIpc) is 2.39. The zero-order valence-electron chi connectivity index (χ0n) is 11.3. The van der Waals surface area contributed by atoms with Gasteiger partial charge in [0.1, 0.15) is 5.82 Å². The lowest BCUT2D eigenvalue weighted by Gasteiger charge is -2.46. The minimum atomic E-state index is -0.196. The molecule has 0 bridgehead atoms. The highest BCUT2D eigenvalue weighted by atomic mass is 35.5. The van der Waals surface area contributed by atoms with Gasteiger partial charge in [0.2, 0.25) is 5.91 Å². The molecule has 2 fully saturated rings. The van der Waals surface area contributed by atoms with Crippen molar-refractivity contribution in [1.82, 2.24) is 10.6 Å². The number of carbonyl (C=O) groups is 1. The largest absolute Gasteiger partial charge is 0.355 e. The first-order valence-corrected chi connectivity index (χ1v) is 6.92. The summed E-state index contributed by atoms with van der Waals surface area (Å²) in [5.74, 6) is 0.163. The highest BCUT2D eigenvalue weighted by Crippen LogP contribution is 2.47. The van der Waals surface area contributed by atoms with Crippen molar-refractivity contribution in [3.8, 4) is 0 Å². The van der Waals surface area contributed by atoms with Gasteiger partial charge in [-0.15, -0.1) is 12.4 Å². The summed E-state index contributed by atoms with van der Waals surface area (Å²) in [5.41, 5.74) is 1.02. The number of hydrogen-bond acceptors (Lipinski definition) is 2. The molecule has 3 rings (SSSR count). The minimum Gasteiger partial charge on any atom is -0.355 e. The third-order valence-corrected chi connectivity index (χ3v) is 4.61. The van der Waals surface area contributed by atoms with Crippen LogP contribution in [0.5, 0.6) is 0 Å². The second kappa shape index (κ2) is 6.10. The molecule has 0 radical (unpaired) electrons. The van der Waals surface area contributed by atoms with Crippen molar-refractivity contribution >= 4 is 18.3 Å².